The van der Waals surface area contributed by atoms with Crippen LogP contribution < -0.4 is 0 Å². The summed E-state index contributed by atoms with van der Waals surface area (Å²) in [4.78, 5) is 13.9. The van der Waals surface area contributed by atoms with E-state index in [9.17, 15) is 4.79 Å². The van der Waals surface area contributed by atoms with E-state index < -0.39 is 0 Å². The van der Waals surface area contributed by atoms with Crippen LogP contribution in [0.2, 0.25) is 0 Å². The van der Waals surface area contributed by atoms with E-state index in [0.717, 1.165) is 11.1 Å². The number of amides is 1. The number of carbonyl (C=O) groups excluding carboxylic acids is 1. The molecule has 0 spiro atoms. The predicted octanol–water partition coefficient (Wildman–Crippen LogP) is 1.47. The van der Waals surface area contributed by atoms with Crippen LogP contribution in [0.1, 0.15) is 15.9 Å². The van der Waals surface area contributed by atoms with Crippen molar-refractivity contribution in [2.45, 2.75) is 6.92 Å². The highest BCUT2D eigenvalue weighted by molar-refractivity contribution is 5.94. The molecule has 15 heavy (non-hydrogen) atoms. The first-order valence-corrected chi connectivity index (χ1v) is 5.21. The van der Waals surface area contributed by atoms with Crippen LogP contribution in [0.5, 0.6) is 0 Å². The van der Waals surface area contributed by atoms with Crippen LogP contribution in [0.25, 0.3) is 0 Å². The Morgan fingerprint density at radius 1 is 1.33 bits per heavy atom. The Morgan fingerprint density at radius 2 is 2.07 bits per heavy atom. The van der Waals surface area contributed by atoms with Gasteiger partial charge < -0.3 is 9.64 Å². The molecule has 0 aliphatic carbocycles. The molecule has 0 radical (unpaired) electrons. The number of hydrogen-bond donors (Lipinski definition) is 0. The lowest BCUT2D eigenvalue weighted by Gasteiger charge is -2.26. The second-order valence-corrected chi connectivity index (χ2v) is 3.77. The standard InChI is InChI=1S/C12H15NO2/c1-10-3-2-4-11(9-10)12(14)13-5-7-15-8-6-13/h2-4,9H,5-8H2,1H3. The van der Waals surface area contributed by atoms with Crippen molar-refractivity contribution in [3.63, 3.8) is 0 Å². The van der Waals surface area contributed by atoms with E-state index in [1.54, 1.807) is 0 Å². The van der Waals surface area contributed by atoms with Gasteiger partial charge in [-0.25, -0.2) is 0 Å². The number of nitrogens with zero attached hydrogens (tertiary/aromatic N) is 1. The summed E-state index contributed by atoms with van der Waals surface area (Å²) >= 11 is 0. The van der Waals surface area contributed by atoms with Gasteiger partial charge in [0.25, 0.3) is 5.91 Å². The summed E-state index contributed by atoms with van der Waals surface area (Å²) in [7, 11) is 0. The summed E-state index contributed by atoms with van der Waals surface area (Å²) in [6.07, 6.45) is 0. The van der Waals surface area contributed by atoms with Gasteiger partial charge in [-0.2, -0.15) is 0 Å². The molecule has 0 unspecified atom stereocenters. The highest BCUT2D eigenvalue weighted by Gasteiger charge is 2.17. The Kier molecular flexibility index (Phi) is 3.02. The van der Waals surface area contributed by atoms with Crippen LogP contribution in [0, 0.1) is 6.92 Å². The quantitative estimate of drug-likeness (QED) is 0.694. The van der Waals surface area contributed by atoms with Crippen LogP contribution in [-0.4, -0.2) is 37.1 Å². The van der Waals surface area contributed by atoms with Gasteiger partial charge in [-0.15, -0.1) is 0 Å². The van der Waals surface area contributed by atoms with E-state index in [4.69, 9.17) is 4.74 Å². The fourth-order valence-corrected chi connectivity index (χ4v) is 1.73. The normalized spacial score (nSPS) is 16.5. The number of ether oxygens (including phenoxy) is 1. The SMILES string of the molecule is Cc1cccc(C(=O)N2CCOCC2)c1. The summed E-state index contributed by atoms with van der Waals surface area (Å²) in [5.41, 5.74) is 1.89. The van der Waals surface area contributed by atoms with Gasteiger partial charge in [0.1, 0.15) is 0 Å². The number of aryl methyl sites for hydroxylation is 1. The molecule has 2 rings (SSSR count). The molecule has 0 N–H and O–H groups in total. The molecule has 0 aromatic heterocycles. The van der Waals surface area contributed by atoms with Crippen molar-refractivity contribution in [3.8, 4) is 0 Å². The highest BCUT2D eigenvalue weighted by atomic mass is 16.5. The molecular formula is C12H15NO2. The zero-order chi connectivity index (χ0) is 10.7. The van der Waals surface area contributed by atoms with Crippen molar-refractivity contribution in [1.82, 2.24) is 4.90 Å². The molecule has 1 aliphatic rings. The van der Waals surface area contributed by atoms with Crippen LogP contribution in [0.15, 0.2) is 24.3 Å². The number of benzene rings is 1. The van der Waals surface area contributed by atoms with Crippen molar-refractivity contribution in [3.05, 3.63) is 35.4 Å². The van der Waals surface area contributed by atoms with Crippen molar-refractivity contribution >= 4 is 5.91 Å². The summed E-state index contributed by atoms with van der Waals surface area (Å²) < 4.78 is 5.22. The van der Waals surface area contributed by atoms with Gasteiger partial charge in [0.2, 0.25) is 0 Å². The van der Waals surface area contributed by atoms with E-state index in [2.05, 4.69) is 0 Å². The van der Waals surface area contributed by atoms with Gasteiger partial charge in [0, 0.05) is 18.7 Å². The van der Waals surface area contributed by atoms with Gasteiger partial charge in [0.05, 0.1) is 13.2 Å². The smallest absolute Gasteiger partial charge is 0.254 e. The molecule has 1 aromatic rings. The average Bonchev–Trinajstić information content (AvgIpc) is 2.29. The molecule has 0 bridgehead atoms. The molecule has 1 fully saturated rings. The number of morpholine rings is 1. The zero-order valence-corrected chi connectivity index (χ0v) is 8.90. The van der Waals surface area contributed by atoms with Gasteiger partial charge in [-0.3, -0.25) is 4.79 Å². The fourth-order valence-electron chi connectivity index (χ4n) is 1.73. The van der Waals surface area contributed by atoms with E-state index in [1.807, 2.05) is 36.1 Å². The minimum Gasteiger partial charge on any atom is -0.378 e. The Hall–Kier alpha value is -1.35. The van der Waals surface area contributed by atoms with Crippen molar-refractivity contribution < 1.29 is 9.53 Å². The Bertz CT molecular complexity index is 356. The minimum absolute atomic E-state index is 0.113. The Morgan fingerprint density at radius 3 is 2.73 bits per heavy atom. The fraction of sp³-hybridized carbons (Fsp3) is 0.417. The molecule has 1 heterocycles. The molecular weight excluding hydrogens is 190 g/mol. The third-order valence-electron chi connectivity index (χ3n) is 2.56. The monoisotopic (exact) mass is 205 g/mol. The largest absolute Gasteiger partial charge is 0.378 e. The van der Waals surface area contributed by atoms with Gasteiger partial charge in [-0.1, -0.05) is 17.7 Å². The maximum Gasteiger partial charge on any atom is 0.254 e. The molecule has 0 atom stereocenters. The maximum absolute atomic E-state index is 12.0. The van der Waals surface area contributed by atoms with Crippen LogP contribution in [0.4, 0.5) is 0 Å². The number of carbonyl (C=O) groups is 1. The summed E-state index contributed by atoms with van der Waals surface area (Å²) in [5.74, 6) is 0.113. The van der Waals surface area contributed by atoms with E-state index in [1.165, 1.54) is 0 Å². The zero-order valence-electron chi connectivity index (χ0n) is 8.90. The lowest BCUT2D eigenvalue weighted by molar-refractivity contribution is 0.0303. The van der Waals surface area contributed by atoms with Gasteiger partial charge in [-0.05, 0) is 19.1 Å². The van der Waals surface area contributed by atoms with Crippen LogP contribution in [0.3, 0.4) is 0 Å². The third kappa shape index (κ3) is 2.36. The first-order chi connectivity index (χ1) is 7.27. The number of rotatable bonds is 1. The average molecular weight is 205 g/mol. The molecule has 1 aliphatic heterocycles. The first-order valence-electron chi connectivity index (χ1n) is 5.21. The molecule has 0 saturated carbocycles. The van der Waals surface area contributed by atoms with Crippen molar-refractivity contribution in [2.75, 3.05) is 26.3 Å². The Labute approximate surface area is 89.7 Å². The van der Waals surface area contributed by atoms with Crippen LogP contribution in [-0.2, 0) is 4.74 Å². The first kappa shape index (κ1) is 10.2. The molecule has 1 saturated heterocycles. The summed E-state index contributed by atoms with van der Waals surface area (Å²) in [5, 5.41) is 0. The van der Waals surface area contributed by atoms with Gasteiger partial charge in [0.15, 0.2) is 0 Å². The minimum atomic E-state index is 0.113. The molecule has 1 aromatic carbocycles. The topological polar surface area (TPSA) is 29.5 Å². The highest BCUT2D eigenvalue weighted by Crippen LogP contribution is 2.09. The van der Waals surface area contributed by atoms with E-state index in [0.29, 0.717) is 26.3 Å². The lowest BCUT2D eigenvalue weighted by Crippen LogP contribution is -2.40. The lowest BCUT2D eigenvalue weighted by atomic mass is 10.1. The molecule has 1 amide bonds. The summed E-state index contributed by atoms with van der Waals surface area (Å²) in [6, 6.07) is 7.71. The molecule has 80 valence electrons. The second-order valence-electron chi connectivity index (χ2n) is 3.77. The van der Waals surface area contributed by atoms with Gasteiger partial charge >= 0.3 is 0 Å². The molecule has 3 nitrogen and oxygen atoms in total. The van der Waals surface area contributed by atoms with Crippen LogP contribution >= 0.6 is 0 Å². The predicted molar refractivity (Wildman–Crippen MR) is 57.9 cm³/mol. The Balaban J connectivity index is 2.12. The summed E-state index contributed by atoms with van der Waals surface area (Å²) in [6.45, 7) is 4.70. The maximum atomic E-state index is 12.0. The molecule has 3 heteroatoms. The number of hydrogen-bond acceptors (Lipinski definition) is 2. The van der Waals surface area contributed by atoms with Crippen molar-refractivity contribution in [2.24, 2.45) is 0 Å². The van der Waals surface area contributed by atoms with E-state index in [-0.39, 0.29) is 5.91 Å². The van der Waals surface area contributed by atoms with E-state index >= 15 is 0 Å². The van der Waals surface area contributed by atoms with Crippen molar-refractivity contribution in [1.29, 1.82) is 0 Å². The second kappa shape index (κ2) is 4.45. The third-order valence-corrected chi connectivity index (χ3v) is 2.56.